The Morgan fingerprint density at radius 3 is 2.94 bits per heavy atom. The first kappa shape index (κ1) is 9.83. The van der Waals surface area contributed by atoms with Gasteiger partial charge in [0.15, 0.2) is 0 Å². The van der Waals surface area contributed by atoms with Gasteiger partial charge in [0, 0.05) is 23.3 Å². The van der Waals surface area contributed by atoms with Crippen molar-refractivity contribution >= 4 is 27.3 Å². The maximum Gasteiger partial charge on any atom is 0.0825 e. The van der Waals surface area contributed by atoms with Crippen molar-refractivity contribution in [3.05, 3.63) is 34.4 Å². The topological polar surface area (TPSA) is 18.5 Å². The molecule has 0 aromatic heterocycles. The van der Waals surface area contributed by atoms with Gasteiger partial charge in [-0.2, -0.15) is 0 Å². The van der Waals surface area contributed by atoms with Gasteiger partial charge in [0.1, 0.15) is 0 Å². The molecule has 1 N–H and O–H groups in total. The molecule has 0 saturated heterocycles. The van der Waals surface area contributed by atoms with Gasteiger partial charge in [-0.25, -0.2) is 0 Å². The van der Waals surface area contributed by atoms with Gasteiger partial charge in [-0.1, -0.05) is 15.9 Å². The second-order valence-electron chi connectivity index (χ2n) is 5.24. The molecule has 0 radical (unpaired) electrons. The predicted octanol–water partition coefficient (Wildman–Crippen LogP) is 2.87. The van der Waals surface area contributed by atoms with Gasteiger partial charge in [-0.15, -0.1) is 0 Å². The minimum atomic E-state index is 0.399. The molecule has 88 valence electrons. The molecule has 4 rings (SSSR count). The molecular weight excluding hydrogens is 278 g/mol. The number of rotatable bonds is 0. The van der Waals surface area contributed by atoms with E-state index in [2.05, 4.69) is 62.7 Å². The molecular formula is C13H14BrN3. The minimum absolute atomic E-state index is 0.399. The van der Waals surface area contributed by atoms with E-state index in [1.54, 1.807) is 0 Å². The first-order valence-corrected chi connectivity index (χ1v) is 6.76. The van der Waals surface area contributed by atoms with Gasteiger partial charge in [0.2, 0.25) is 0 Å². The molecule has 3 nitrogen and oxygen atoms in total. The summed E-state index contributed by atoms with van der Waals surface area (Å²) in [6.07, 6.45) is 4.90. The van der Waals surface area contributed by atoms with E-state index in [4.69, 9.17) is 0 Å². The third kappa shape index (κ3) is 1.27. The first-order valence-electron chi connectivity index (χ1n) is 5.97. The largest absolute Gasteiger partial charge is 0.371 e. The second kappa shape index (κ2) is 2.99. The fourth-order valence-electron chi connectivity index (χ4n) is 2.82. The van der Waals surface area contributed by atoms with E-state index in [0.717, 1.165) is 11.0 Å². The zero-order valence-corrected chi connectivity index (χ0v) is 11.3. The Labute approximate surface area is 109 Å². The van der Waals surface area contributed by atoms with E-state index in [0.29, 0.717) is 5.54 Å². The van der Waals surface area contributed by atoms with Crippen LogP contribution in [0.25, 0.3) is 5.70 Å². The summed E-state index contributed by atoms with van der Waals surface area (Å²) in [5.41, 5.74) is 7.70. The lowest BCUT2D eigenvalue weighted by atomic mass is 10.1. The third-order valence-electron chi connectivity index (χ3n) is 4.15. The summed E-state index contributed by atoms with van der Waals surface area (Å²) in [6.45, 7) is 1.08. The van der Waals surface area contributed by atoms with Crippen LogP contribution in [0.1, 0.15) is 18.4 Å². The molecule has 0 amide bonds. The van der Waals surface area contributed by atoms with Crippen molar-refractivity contribution in [2.24, 2.45) is 0 Å². The van der Waals surface area contributed by atoms with Crippen molar-refractivity contribution in [2.45, 2.75) is 18.4 Å². The van der Waals surface area contributed by atoms with Crippen molar-refractivity contribution in [2.75, 3.05) is 19.0 Å². The molecule has 0 unspecified atom stereocenters. The van der Waals surface area contributed by atoms with Gasteiger partial charge in [0.25, 0.3) is 0 Å². The van der Waals surface area contributed by atoms with Gasteiger partial charge >= 0.3 is 0 Å². The summed E-state index contributed by atoms with van der Waals surface area (Å²) >= 11 is 3.54. The number of anilines is 1. The van der Waals surface area contributed by atoms with Crippen LogP contribution >= 0.6 is 15.9 Å². The molecule has 2 heterocycles. The molecule has 0 atom stereocenters. The van der Waals surface area contributed by atoms with Crippen LogP contribution in [0.15, 0.2) is 28.9 Å². The number of hydrazine groups is 1. The van der Waals surface area contributed by atoms with E-state index >= 15 is 0 Å². The molecule has 1 spiro atoms. The second-order valence-corrected chi connectivity index (χ2v) is 6.15. The maximum atomic E-state index is 3.54. The molecule has 1 fully saturated rings. The Morgan fingerprint density at radius 2 is 2.18 bits per heavy atom. The number of benzene rings is 1. The Kier molecular flexibility index (Phi) is 1.73. The molecule has 0 bridgehead atoms. The number of halogens is 1. The number of hydrogen-bond donors (Lipinski definition) is 1. The van der Waals surface area contributed by atoms with Crippen molar-refractivity contribution in [1.82, 2.24) is 9.91 Å². The van der Waals surface area contributed by atoms with Crippen molar-refractivity contribution in [3.8, 4) is 0 Å². The summed E-state index contributed by atoms with van der Waals surface area (Å²) in [5, 5.41) is 2.30. The molecule has 2 aliphatic heterocycles. The minimum Gasteiger partial charge on any atom is -0.371 e. The standard InChI is InChI=1S/C13H14BrN3/c1-16-7-12-10-6-9(14)2-3-11(10)15-17(12)8-13(16)4-5-13/h2-3,6-7,15H,4-5,8H2,1H3. The Bertz CT molecular complexity index is 533. The van der Waals surface area contributed by atoms with Gasteiger partial charge in [-0.3, -0.25) is 10.4 Å². The molecule has 4 heteroatoms. The number of hydrogen-bond acceptors (Lipinski definition) is 3. The van der Waals surface area contributed by atoms with Crippen LogP contribution in [0.5, 0.6) is 0 Å². The quantitative estimate of drug-likeness (QED) is 0.793. The number of fused-ring (bicyclic) bond motifs is 3. The zero-order valence-electron chi connectivity index (χ0n) is 9.70. The fourth-order valence-corrected chi connectivity index (χ4v) is 3.18. The van der Waals surface area contributed by atoms with E-state index < -0.39 is 0 Å². The Morgan fingerprint density at radius 1 is 1.35 bits per heavy atom. The highest BCUT2D eigenvalue weighted by Gasteiger charge is 2.50. The zero-order chi connectivity index (χ0) is 11.6. The lowest BCUT2D eigenvalue weighted by Gasteiger charge is -2.37. The highest BCUT2D eigenvalue weighted by atomic mass is 79.9. The third-order valence-corrected chi connectivity index (χ3v) is 4.64. The molecule has 1 aliphatic carbocycles. The van der Waals surface area contributed by atoms with E-state index in [9.17, 15) is 0 Å². The summed E-state index contributed by atoms with van der Waals surface area (Å²) < 4.78 is 1.13. The first-order chi connectivity index (χ1) is 8.18. The SMILES string of the molecule is CN1C=C2c3cc(Br)ccc3NN2CC12CC2. The summed E-state index contributed by atoms with van der Waals surface area (Å²) in [4.78, 5) is 2.40. The van der Waals surface area contributed by atoms with Crippen molar-refractivity contribution in [3.63, 3.8) is 0 Å². The number of nitrogens with one attached hydrogen (secondary N) is 1. The van der Waals surface area contributed by atoms with Gasteiger partial charge in [-0.05, 0) is 31.0 Å². The monoisotopic (exact) mass is 291 g/mol. The van der Waals surface area contributed by atoms with Crippen LogP contribution in [-0.2, 0) is 0 Å². The van der Waals surface area contributed by atoms with E-state index in [-0.39, 0.29) is 0 Å². The highest BCUT2D eigenvalue weighted by molar-refractivity contribution is 9.10. The van der Waals surface area contributed by atoms with Crippen LogP contribution in [0, 0.1) is 0 Å². The molecule has 1 aromatic carbocycles. The summed E-state index contributed by atoms with van der Waals surface area (Å²) in [6, 6.07) is 6.41. The predicted molar refractivity (Wildman–Crippen MR) is 72.2 cm³/mol. The van der Waals surface area contributed by atoms with Crippen LogP contribution in [-0.4, -0.2) is 29.0 Å². The average molecular weight is 292 g/mol. The van der Waals surface area contributed by atoms with Crippen LogP contribution in [0.2, 0.25) is 0 Å². The van der Waals surface area contributed by atoms with Gasteiger partial charge in [0.05, 0.1) is 23.5 Å². The Balaban J connectivity index is 1.82. The normalized spacial score (nSPS) is 23.1. The molecule has 1 aromatic rings. The van der Waals surface area contributed by atoms with Gasteiger partial charge < -0.3 is 4.90 Å². The Hall–Kier alpha value is -1.16. The summed E-state index contributed by atoms with van der Waals surface area (Å²) in [7, 11) is 2.20. The van der Waals surface area contributed by atoms with E-state index in [1.165, 1.54) is 29.8 Å². The number of nitrogens with zero attached hydrogens (tertiary/aromatic N) is 2. The van der Waals surface area contributed by atoms with Crippen molar-refractivity contribution in [1.29, 1.82) is 0 Å². The molecule has 3 aliphatic rings. The molecule has 1 saturated carbocycles. The summed E-state index contributed by atoms with van der Waals surface area (Å²) in [5.74, 6) is 0. The number of likely N-dealkylation sites (N-methyl/N-ethyl adjacent to an activating group) is 1. The average Bonchev–Trinajstić information content (AvgIpc) is 2.99. The lowest BCUT2D eigenvalue weighted by Crippen LogP contribution is -2.45. The van der Waals surface area contributed by atoms with Crippen LogP contribution in [0.4, 0.5) is 5.69 Å². The molecule has 17 heavy (non-hydrogen) atoms. The fraction of sp³-hybridized carbons (Fsp3) is 0.385. The van der Waals surface area contributed by atoms with E-state index in [1.807, 2.05) is 0 Å². The highest BCUT2D eigenvalue weighted by Crippen LogP contribution is 2.49. The lowest BCUT2D eigenvalue weighted by molar-refractivity contribution is 0.227. The smallest absolute Gasteiger partial charge is 0.0825 e. The van der Waals surface area contributed by atoms with Crippen molar-refractivity contribution < 1.29 is 0 Å². The maximum absolute atomic E-state index is 3.54. The van der Waals surface area contributed by atoms with Crippen LogP contribution < -0.4 is 5.43 Å². The van der Waals surface area contributed by atoms with Crippen LogP contribution in [0.3, 0.4) is 0 Å².